The molecule has 1 fully saturated rings. The van der Waals surface area contributed by atoms with Crippen molar-refractivity contribution in [1.82, 2.24) is 0 Å². The molecule has 0 bridgehead atoms. The Bertz CT molecular complexity index is 996. The minimum Gasteiger partial charge on any atom is -0.298 e. The molecule has 0 unspecified atom stereocenters. The van der Waals surface area contributed by atoms with E-state index < -0.39 is 0 Å². The second-order valence-corrected chi connectivity index (χ2v) is 7.87. The number of rotatable bonds is 5. The Morgan fingerprint density at radius 1 is 0.586 bits per heavy atom. The third-order valence-electron chi connectivity index (χ3n) is 6.15. The standard InChI is InChI=1S/C27H26O2/c28-18-26-23(21-10-4-1-2-5-11-21)16-17-25(27(26)19-29)24-15-9-8-14-22(24)20-12-6-3-7-13-20/h3,6-9,12-19,21H,1-2,4-5,10-11H2. The van der Waals surface area contributed by atoms with E-state index in [1.54, 1.807) is 0 Å². The summed E-state index contributed by atoms with van der Waals surface area (Å²) in [5.74, 6) is 0.370. The molecule has 29 heavy (non-hydrogen) atoms. The predicted molar refractivity (Wildman–Crippen MR) is 119 cm³/mol. The quantitative estimate of drug-likeness (QED) is 0.349. The van der Waals surface area contributed by atoms with Gasteiger partial charge >= 0.3 is 0 Å². The lowest BCUT2D eigenvalue weighted by molar-refractivity contribution is 0.109. The molecular weight excluding hydrogens is 356 g/mol. The van der Waals surface area contributed by atoms with Gasteiger partial charge in [-0.25, -0.2) is 0 Å². The molecule has 0 heterocycles. The molecule has 1 aliphatic carbocycles. The molecule has 2 heteroatoms. The minimum atomic E-state index is 0.370. The van der Waals surface area contributed by atoms with Gasteiger partial charge in [-0.15, -0.1) is 0 Å². The maximum atomic E-state index is 12.2. The third kappa shape index (κ3) is 3.93. The van der Waals surface area contributed by atoms with Gasteiger partial charge in [0.25, 0.3) is 0 Å². The monoisotopic (exact) mass is 382 g/mol. The van der Waals surface area contributed by atoms with Gasteiger partial charge < -0.3 is 0 Å². The molecule has 0 aliphatic heterocycles. The Morgan fingerprint density at radius 2 is 1.21 bits per heavy atom. The summed E-state index contributed by atoms with van der Waals surface area (Å²) in [5, 5.41) is 0. The Morgan fingerprint density at radius 3 is 1.86 bits per heavy atom. The summed E-state index contributed by atoms with van der Waals surface area (Å²) in [7, 11) is 0. The van der Waals surface area contributed by atoms with Gasteiger partial charge in [0.2, 0.25) is 0 Å². The van der Waals surface area contributed by atoms with Gasteiger partial charge in [-0.05, 0) is 46.6 Å². The fourth-order valence-electron chi connectivity index (χ4n) is 4.68. The predicted octanol–water partition coefficient (Wildman–Crippen LogP) is 7.08. The largest absolute Gasteiger partial charge is 0.298 e. The number of benzene rings is 3. The van der Waals surface area contributed by atoms with Crippen LogP contribution in [0.2, 0.25) is 0 Å². The first-order chi connectivity index (χ1) is 14.3. The first-order valence-corrected chi connectivity index (χ1v) is 10.6. The number of carbonyl (C=O) groups is 2. The second-order valence-electron chi connectivity index (χ2n) is 7.87. The number of hydrogen-bond donors (Lipinski definition) is 0. The van der Waals surface area contributed by atoms with Crippen molar-refractivity contribution in [2.45, 2.75) is 44.4 Å². The SMILES string of the molecule is O=Cc1c(-c2ccccc2-c2ccccc2)ccc(C2CCCCCC2)c1C=O. The van der Waals surface area contributed by atoms with E-state index in [0.717, 1.165) is 53.2 Å². The van der Waals surface area contributed by atoms with Crippen LogP contribution >= 0.6 is 0 Å². The van der Waals surface area contributed by atoms with Crippen LogP contribution < -0.4 is 0 Å². The van der Waals surface area contributed by atoms with Crippen molar-refractivity contribution in [2.75, 3.05) is 0 Å². The summed E-state index contributed by atoms with van der Waals surface area (Å²) in [6.45, 7) is 0. The molecule has 4 rings (SSSR count). The van der Waals surface area contributed by atoms with Crippen LogP contribution in [0.3, 0.4) is 0 Å². The van der Waals surface area contributed by atoms with Crippen molar-refractivity contribution >= 4 is 12.6 Å². The lowest BCUT2D eigenvalue weighted by atomic mass is 9.83. The number of carbonyl (C=O) groups excluding carboxylic acids is 2. The van der Waals surface area contributed by atoms with Crippen molar-refractivity contribution in [2.24, 2.45) is 0 Å². The molecule has 0 amide bonds. The summed E-state index contributed by atoms with van der Waals surface area (Å²) in [6, 6.07) is 22.4. The molecule has 1 aliphatic rings. The van der Waals surface area contributed by atoms with Crippen molar-refractivity contribution in [3.63, 3.8) is 0 Å². The molecule has 0 spiro atoms. The Balaban J connectivity index is 1.86. The summed E-state index contributed by atoms with van der Waals surface area (Å²) in [5.41, 5.74) is 6.12. The lowest BCUT2D eigenvalue weighted by Crippen LogP contribution is -2.06. The zero-order chi connectivity index (χ0) is 20.1. The smallest absolute Gasteiger partial charge is 0.151 e. The molecule has 3 aromatic carbocycles. The third-order valence-corrected chi connectivity index (χ3v) is 6.15. The van der Waals surface area contributed by atoms with Gasteiger partial charge in [-0.2, -0.15) is 0 Å². The van der Waals surface area contributed by atoms with Gasteiger partial charge in [0.05, 0.1) is 0 Å². The highest BCUT2D eigenvalue weighted by Crippen LogP contribution is 2.39. The molecule has 1 saturated carbocycles. The van der Waals surface area contributed by atoms with Crippen LogP contribution in [-0.4, -0.2) is 12.6 Å². The molecule has 2 nitrogen and oxygen atoms in total. The Labute approximate surface area is 172 Å². The number of aldehydes is 2. The average Bonchev–Trinajstić information content (AvgIpc) is 3.08. The first-order valence-electron chi connectivity index (χ1n) is 10.6. The zero-order valence-electron chi connectivity index (χ0n) is 16.6. The van der Waals surface area contributed by atoms with Crippen LogP contribution in [0.25, 0.3) is 22.3 Å². The highest BCUT2D eigenvalue weighted by atomic mass is 16.1. The van der Waals surface area contributed by atoms with E-state index in [-0.39, 0.29) is 0 Å². The van der Waals surface area contributed by atoms with Gasteiger partial charge in [-0.3, -0.25) is 9.59 Å². The van der Waals surface area contributed by atoms with Crippen LogP contribution in [-0.2, 0) is 0 Å². The van der Waals surface area contributed by atoms with E-state index in [1.165, 1.54) is 25.7 Å². The van der Waals surface area contributed by atoms with Crippen LogP contribution in [0.1, 0.15) is 70.7 Å². The van der Waals surface area contributed by atoms with Crippen molar-refractivity contribution in [3.8, 4) is 22.3 Å². The summed E-state index contributed by atoms with van der Waals surface area (Å²) >= 11 is 0. The number of hydrogen-bond acceptors (Lipinski definition) is 2. The van der Waals surface area contributed by atoms with Gasteiger partial charge in [0.15, 0.2) is 12.6 Å². The topological polar surface area (TPSA) is 34.1 Å². The van der Waals surface area contributed by atoms with E-state index >= 15 is 0 Å². The summed E-state index contributed by atoms with van der Waals surface area (Å²) in [6.07, 6.45) is 8.85. The van der Waals surface area contributed by atoms with E-state index in [0.29, 0.717) is 17.0 Å². The van der Waals surface area contributed by atoms with E-state index in [4.69, 9.17) is 0 Å². The van der Waals surface area contributed by atoms with Crippen LogP contribution in [0.5, 0.6) is 0 Å². The summed E-state index contributed by atoms with van der Waals surface area (Å²) < 4.78 is 0. The lowest BCUT2D eigenvalue weighted by Gasteiger charge is -2.20. The molecule has 0 radical (unpaired) electrons. The minimum absolute atomic E-state index is 0.370. The molecular formula is C27H26O2. The highest BCUT2D eigenvalue weighted by Gasteiger charge is 2.22. The zero-order valence-corrected chi connectivity index (χ0v) is 16.6. The van der Waals surface area contributed by atoms with Gasteiger partial charge in [0.1, 0.15) is 0 Å². The molecule has 3 aromatic rings. The fraction of sp³-hybridized carbons (Fsp3) is 0.259. The van der Waals surface area contributed by atoms with Gasteiger partial charge in [-0.1, -0.05) is 92.4 Å². The van der Waals surface area contributed by atoms with Crippen LogP contribution in [0, 0.1) is 0 Å². The summed E-state index contributed by atoms with van der Waals surface area (Å²) in [4.78, 5) is 24.3. The fourth-order valence-corrected chi connectivity index (χ4v) is 4.68. The van der Waals surface area contributed by atoms with E-state index in [9.17, 15) is 9.59 Å². The van der Waals surface area contributed by atoms with Gasteiger partial charge in [0, 0.05) is 11.1 Å². The molecule has 0 N–H and O–H groups in total. The Hall–Kier alpha value is -3.00. The van der Waals surface area contributed by atoms with Crippen LogP contribution in [0.4, 0.5) is 0 Å². The maximum Gasteiger partial charge on any atom is 0.151 e. The molecule has 0 atom stereocenters. The first kappa shape index (κ1) is 19.3. The van der Waals surface area contributed by atoms with Crippen molar-refractivity contribution < 1.29 is 9.59 Å². The molecule has 0 aromatic heterocycles. The van der Waals surface area contributed by atoms with Crippen molar-refractivity contribution in [1.29, 1.82) is 0 Å². The molecule has 146 valence electrons. The highest BCUT2D eigenvalue weighted by molar-refractivity contribution is 6.01. The van der Waals surface area contributed by atoms with E-state index in [2.05, 4.69) is 24.3 Å². The van der Waals surface area contributed by atoms with Crippen LogP contribution in [0.15, 0.2) is 66.7 Å². The van der Waals surface area contributed by atoms with Crippen molar-refractivity contribution in [3.05, 3.63) is 83.4 Å². The van der Waals surface area contributed by atoms with E-state index in [1.807, 2.05) is 42.5 Å². The molecule has 0 saturated heterocycles. The normalized spacial score (nSPS) is 14.9. The second kappa shape index (κ2) is 9.00. The Kier molecular flexibility index (Phi) is 6.00. The average molecular weight is 383 g/mol. The maximum absolute atomic E-state index is 12.2.